The Kier molecular flexibility index (Phi) is 4.20. The molecule has 74 valence electrons. The van der Waals surface area contributed by atoms with E-state index in [0.29, 0.717) is 11.9 Å². The van der Waals surface area contributed by atoms with Gasteiger partial charge in [-0.05, 0) is 0 Å². The van der Waals surface area contributed by atoms with Gasteiger partial charge in [0.05, 0.1) is 5.09 Å². The molecule has 0 bridgehead atoms. The van der Waals surface area contributed by atoms with E-state index in [0.717, 1.165) is 5.82 Å². The molecule has 0 atom stereocenters. The van der Waals surface area contributed by atoms with Gasteiger partial charge in [-0.3, -0.25) is 5.10 Å². The van der Waals surface area contributed by atoms with Crippen molar-refractivity contribution in [3.63, 3.8) is 0 Å². The highest BCUT2D eigenvalue weighted by atomic mass is 16.9. The summed E-state index contributed by atoms with van der Waals surface area (Å²) in [6.07, 6.45) is 0. The Labute approximate surface area is 73.9 Å². The Balaban J connectivity index is 0.000000310. The number of anilines is 1. The molecule has 8 heteroatoms. The third kappa shape index (κ3) is 5.41. The van der Waals surface area contributed by atoms with Crippen LogP contribution in [0, 0.1) is 15.3 Å². The molecule has 1 heterocycles. The largest absolute Gasteiger partial charge is 0.367 e. The van der Waals surface area contributed by atoms with Gasteiger partial charge in [0.2, 0.25) is 5.95 Å². The Morgan fingerprint density at radius 1 is 1.54 bits per heavy atom. The van der Waals surface area contributed by atoms with Crippen molar-refractivity contribution in [2.24, 2.45) is 0 Å². The predicted octanol–water partition coefficient (Wildman–Crippen LogP) is 0.271. The summed E-state index contributed by atoms with van der Waals surface area (Å²) in [5.41, 5.74) is 5.26. The van der Waals surface area contributed by atoms with Crippen molar-refractivity contribution in [2.75, 3.05) is 5.73 Å². The summed E-state index contributed by atoms with van der Waals surface area (Å²) in [7, 11) is 0. The third-order valence-electron chi connectivity index (χ3n) is 1.07. The molecule has 3 N–H and O–H groups in total. The van der Waals surface area contributed by atoms with Gasteiger partial charge >= 0.3 is 0 Å². The molecule has 0 aliphatic carbocycles. The average Bonchev–Trinajstić information content (AvgIpc) is 2.34. The van der Waals surface area contributed by atoms with Crippen LogP contribution in [0.5, 0.6) is 0 Å². The molecule has 0 unspecified atom stereocenters. The molecule has 1 aromatic rings. The number of aromatic amines is 1. The summed E-state index contributed by atoms with van der Waals surface area (Å²) in [6.45, 7) is 4.06. The highest BCUT2D eigenvalue weighted by molar-refractivity contribution is 5.13. The smallest absolute Gasteiger partial charge is 0.239 e. The Bertz CT molecular complexity index is 267. The van der Waals surface area contributed by atoms with E-state index in [1.54, 1.807) is 0 Å². The van der Waals surface area contributed by atoms with Crippen molar-refractivity contribution in [1.29, 1.82) is 0 Å². The van der Waals surface area contributed by atoms with Gasteiger partial charge in [-0.15, -0.1) is 5.10 Å². The van der Waals surface area contributed by atoms with Gasteiger partial charge in [-0.1, -0.05) is 13.8 Å². The molecule has 8 nitrogen and oxygen atoms in total. The molecule has 0 aliphatic heterocycles. The fourth-order valence-electron chi connectivity index (χ4n) is 0.546. The van der Waals surface area contributed by atoms with Gasteiger partial charge in [0.25, 0.3) is 0 Å². The summed E-state index contributed by atoms with van der Waals surface area (Å²) in [6, 6.07) is 0. The lowest BCUT2D eigenvalue weighted by Gasteiger charge is -1.93. The van der Waals surface area contributed by atoms with Crippen LogP contribution in [0.2, 0.25) is 0 Å². The summed E-state index contributed by atoms with van der Waals surface area (Å²) < 4.78 is 0. The first-order chi connectivity index (χ1) is 5.93. The number of aromatic nitrogens is 3. The van der Waals surface area contributed by atoms with Gasteiger partial charge in [0.1, 0.15) is 5.82 Å². The van der Waals surface area contributed by atoms with E-state index in [4.69, 9.17) is 21.1 Å². The second-order valence-electron chi connectivity index (χ2n) is 2.46. The third-order valence-corrected chi connectivity index (χ3v) is 1.07. The van der Waals surface area contributed by atoms with Crippen LogP contribution in [0.3, 0.4) is 0 Å². The van der Waals surface area contributed by atoms with Crippen LogP contribution < -0.4 is 5.73 Å². The van der Waals surface area contributed by atoms with Crippen LogP contribution in [0.1, 0.15) is 25.6 Å². The lowest BCUT2D eigenvalue weighted by atomic mass is 10.2. The minimum atomic E-state index is -1.75. The fourth-order valence-corrected chi connectivity index (χ4v) is 0.546. The monoisotopic (exact) mass is 188 g/mol. The number of nitrogens with two attached hydrogens (primary N) is 1. The van der Waals surface area contributed by atoms with Gasteiger partial charge in [-0.25, -0.2) is 0 Å². The lowest BCUT2D eigenvalue weighted by Crippen LogP contribution is -1.90. The predicted molar refractivity (Wildman–Crippen MR) is 45.2 cm³/mol. The molecule has 0 spiro atoms. The molecule has 0 amide bonds. The van der Waals surface area contributed by atoms with Gasteiger partial charge in [0, 0.05) is 5.92 Å². The standard InChI is InChI=1S/C5H10N4.NO3/c1-3(2)4-7-5(6)9-8-4;2-1(3)4/h3H,1-2H3,(H3,6,7,8,9);/q;-1. The van der Waals surface area contributed by atoms with Crippen molar-refractivity contribution >= 4 is 5.95 Å². The zero-order valence-corrected chi connectivity index (χ0v) is 7.22. The van der Waals surface area contributed by atoms with Crippen LogP contribution in [-0.4, -0.2) is 20.3 Å². The maximum absolute atomic E-state index is 8.25. The van der Waals surface area contributed by atoms with E-state index < -0.39 is 5.09 Å². The van der Waals surface area contributed by atoms with E-state index in [1.807, 2.05) is 13.8 Å². The Morgan fingerprint density at radius 3 is 2.15 bits per heavy atom. The van der Waals surface area contributed by atoms with Gasteiger partial charge < -0.3 is 21.1 Å². The maximum atomic E-state index is 8.25. The molecule has 1 aromatic heterocycles. The molecular formula is C5H10N5O3-. The number of nitrogen functional groups attached to an aromatic ring is 1. The molecular weight excluding hydrogens is 178 g/mol. The number of H-pyrrole nitrogens is 1. The zero-order valence-electron chi connectivity index (χ0n) is 7.22. The van der Waals surface area contributed by atoms with Crippen molar-refractivity contribution in [3.8, 4) is 0 Å². The SMILES string of the molecule is CC(C)c1nc(N)n[nH]1.O=[N+]([O-])[O-]. The highest BCUT2D eigenvalue weighted by Crippen LogP contribution is 2.07. The molecule has 0 fully saturated rings. The summed E-state index contributed by atoms with van der Waals surface area (Å²) in [5, 5.41) is 21.1. The summed E-state index contributed by atoms with van der Waals surface area (Å²) in [4.78, 5) is 12.2. The number of nitrogens with one attached hydrogen (secondary N) is 1. The van der Waals surface area contributed by atoms with Crippen LogP contribution in [0.4, 0.5) is 5.95 Å². The van der Waals surface area contributed by atoms with Crippen molar-refractivity contribution < 1.29 is 5.09 Å². The highest BCUT2D eigenvalue weighted by Gasteiger charge is 2.02. The van der Waals surface area contributed by atoms with E-state index in [-0.39, 0.29) is 0 Å². The van der Waals surface area contributed by atoms with E-state index in [9.17, 15) is 0 Å². The van der Waals surface area contributed by atoms with E-state index in [2.05, 4.69) is 15.2 Å². The van der Waals surface area contributed by atoms with E-state index in [1.165, 1.54) is 0 Å². The molecule has 0 radical (unpaired) electrons. The second kappa shape index (κ2) is 4.91. The summed E-state index contributed by atoms with van der Waals surface area (Å²) in [5.74, 6) is 1.53. The van der Waals surface area contributed by atoms with Crippen LogP contribution in [-0.2, 0) is 0 Å². The molecule has 0 aliphatic rings. The molecule has 13 heavy (non-hydrogen) atoms. The number of nitrogens with zero attached hydrogens (tertiary/aromatic N) is 3. The Morgan fingerprint density at radius 2 is 2.00 bits per heavy atom. The maximum Gasteiger partial charge on any atom is 0.239 e. The molecule has 0 saturated heterocycles. The quantitative estimate of drug-likeness (QED) is 0.479. The van der Waals surface area contributed by atoms with Crippen molar-refractivity contribution in [1.82, 2.24) is 15.2 Å². The zero-order chi connectivity index (χ0) is 10.4. The number of hydrogen-bond acceptors (Lipinski definition) is 6. The number of hydrogen-bond donors (Lipinski definition) is 2. The average molecular weight is 188 g/mol. The molecule has 0 aromatic carbocycles. The normalized spacial score (nSPS) is 9.15. The van der Waals surface area contributed by atoms with Crippen molar-refractivity contribution in [2.45, 2.75) is 19.8 Å². The second-order valence-corrected chi connectivity index (χ2v) is 2.46. The first-order valence-electron chi connectivity index (χ1n) is 3.42. The van der Waals surface area contributed by atoms with Crippen molar-refractivity contribution in [3.05, 3.63) is 21.1 Å². The summed E-state index contributed by atoms with van der Waals surface area (Å²) >= 11 is 0. The first-order valence-corrected chi connectivity index (χ1v) is 3.42. The molecule has 0 saturated carbocycles. The Hall–Kier alpha value is -1.86. The topological polar surface area (TPSA) is 134 Å². The number of rotatable bonds is 1. The fraction of sp³-hybridized carbons (Fsp3) is 0.600. The van der Waals surface area contributed by atoms with Gasteiger partial charge in [0.15, 0.2) is 0 Å². The minimum absolute atomic E-state index is 0.318. The van der Waals surface area contributed by atoms with Crippen LogP contribution in [0.25, 0.3) is 0 Å². The molecule has 1 rings (SSSR count). The van der Waals surface area contributed by atoms with E-state index >= 15 is 0 Å². The first kappa shape index (κ1) is 11.1. The van der Waals surface area contributed by atoms with Crippen LogP contribution >= 0.6 is 0 Å². The lowest BCUT2D eigenvalue weighted by molar-refractivity contribution is -0.402. The van der Waals surface area contributed by atoms with Gasteiger partial charge in [-0.2, -0.15) is 4.98 Å². The minimum Gasteiger partial charge on any atom is -0.367 e. The van der Waals surface area contributed by atoms with Crippen LogP contribution in [0.15, 0.2) is 0 Å².